The smallest absolute Gasteiger partial charge is 0.311 e. The van der Waals surface area contributed by atoms with Gasteiger partial charge in [0.1, 0.15) is 5.75 Å². The molecule has 4 heteroatoms. The molecule has 0 aromatic heterocycles. The van der Waals surface area contributed by atoms with Crippen molar-refractivity contribution in [1.29, 1.82) is 0 Å². The molecule has 0 radical (unpaired) electrons. The standard InChI is InChI=1S/C12H13NO3/c1-2-3-12(14)15-10-4-5-11-9(8-10)6-7-13-16-11/h4-8,13H,2-3H2,1H3. The third-order valence-electron chi connectivity index (χ3n) is 2.17. The van der Waals surface area contributed by atoms with Crippen LogP contribution in [-0.4, -0.2) is 5.97 Å². The molecule has 0 saturated carbocycles. The van der Waals surface area contributed by atoms with Gasteiger partial charge in [-0.15, -0.1) is 0 Å². The van der Waals surface area contributed by atoms with E-state index in [-0.39, 0.29) is 5.97 Å². The zero-order valence-electron chi connectivity index (χ0n) is 9.03. The van der Waals surface area contributed by atoms with E-state index < -0.39 is 0 Å². The summed E-state index contributed by atoms with van der Waals surface area (Å²) in [6.45, 7) is 1.94. The molecule has 1 heterocycles. The Morgan fingerprint density at radius 3 is 3.19 bits per heavy atom. The number of carbonyl (C=O) groups is 1. The lowest BCUT2D eigenvalue weighted by Crippen LogP contribution is -2.14. The van der Waals surface area contributed by atoms with Crippen LogP contribution in [0.3, 0.4) is 0 Å². The summed E-state index contributed by atoms with van der Waals surface area (Å²) in [4.78, 5) is 16.5. The first-order chi connectivity index (χ1) is 7.79. The molecule has 1 aliphatic heterocycles. The van der Waals surface area contributed by atoms with Gasteiger partial charge in [-0.1, -0.05) is 6.92 Å². The third-order valence-corrected chi connectivity index (χ3v) is 2.17. The molecule has 0 fully saturated rings. The summed E-state index contributed by atoms with van der Waals surface area (Å²) in [5.74, 6) is 1.06. The van der Waals surface area contributed by atoms with E-state index in [4.69, 9.17) is 9.57 Å². The van der Waals surface area contributed by atoms with Crippen LogP contribution in [0.25, 0.3) is 6.08 Å². The number of esters is 1. The Kier molecular flexibility index (Phi) is 3.10. The molecule has 2 rings (SSSR count). The Hall–Kier alpha value is -1.97. The van der Waals surface area contributed by atoms with Crippen LogP contribution in [0.1, 0.15) is 25.3 Å². The lowest BCUT2D eigenvalue weighted by molar-refractivity contribution is -0.134. The first-order valence-electron chi connectivity index (χ1n) is 5.23. The predicted octanol–water partition coefficient (Wildman–Crippen LogP) is 2.26. The molecule has 84 valence electrons. The van der Waals surface area contributed by atoms with Crippen molar-refractivity contribution in [2.75, 3.05) is 0 Å². The molecule has 0 unspecified atom stereocenters. The van der Waals surface area contributed by atoms with E-state index in [0.717, 1.165) is 17.7 Å². The molecular weight excluding hydrogens is 206 g/mol. The van der Waals surface area contributed by atoms with Crippen LogP contribution in [0.2, 0.25) is 0 Å². The van der Waals surface area contributed by atoms with Crippen LogP contribution in [0.5, 0.6) is 11.5 Å². The highest BCUT2D eigenvalue weighted by Crippen LogP contribution is 2.26. The average molecular weight is 219 g/mol. The van der Waals surface area contributed by atoms with Crippen molar-refractivity contribution in [3.05, 3.63) is 30.0 Å². The van der Waals surface area contributed by atoms with Gasteiger partial charge in [0.15, 0.2) is 5.75 Å². The number of carbonyl (C=O) groups excluding carboxylic acids is 1. The minimum atomic E-state index is -0.207. The van der Waals surface area contributed by atoms with Gasteiger partial charge in [-0.25, -0.2) is 5.48 Å². The number of hydroxylamine groups is 1. The molecule has 1 N–H and O–H groups in total. The summed E-state index contributed by atoms with van der Waals surface area (Å²) < 4.78 is 5.17. The Bertz CT molecular complexity index is 426. The molecule has 1 aromatic rings. The molecular formula is C12H13NO3. The third kappa shape index (κ3) is 2.34. The predicted molar refractivity (Wildman–Crippen MR) is 59.8 cm³/mol. The van der Waals surface area contributed by atoms with Crippen LogP contribution in [0.15, 0.2) is 24.4 Å². The van der Waals surface area contributed by atoms with Crippen LogP contribution in [0, 0.1) is 0 Å². The zero-order chi connectivity index (χ0) is 11.4. The minimum Gasteiger partial charge on any atom is -0.427 e. The number of benzene rings is 1. The Morgan fingerprint density at radius 2 is 2.38 bits per heavy atom. The monoisotopic (exact) mass is 219 g/mol. The van der Waals surface area contributed by atoms with E-state index >= 15 is 0 Å². The maximum atomic E-state index is 11.3. The molecule has 1 aromatic carbocycles. The van der Waals surface area contributed by atoms with Gasteiger partial charge in [0.05, 0.1) is 0 Å². The Balaban J connectivity index is 2.12. The fourth-order valence-electron chi connectivity index (χ4n) is 1.42. The second-order valence-electron chi connectivity index (χ2n) is 3.48. The van der Waals surface area contributed by atoms with Crippen molar-refractivity contribution in [1.82, 2.24) is 5.48 Å². The van der Waals surface area contributed by atoms with E-state index in [1.54, 1.807) is 24.4 Å². The normalized spacial score (nSPS) is 12.3. The molecule has 0 atom stereocenters. The highest BCUT2D eigenvalue weighted by molar-refractivity contribution is 5.73. The Morgan fingerprint density at radius 1 is 1.50 bits per heavy atom. The fraction of sp³-hybridized carbons (Fsp3) is 0.250. The molecule has 0 aliphatic carbocycles. The van der Waals surface area contributed by atoms with Crippen LogP contribution in [-0.2, 0) is 4.79 Å². The summed E-state index contributed by atoms with van der Waals surface area (Å²) >= 11 is 0. The number of rotatable bonds is 3. The molecule has 16 heavy (non-hydrogen) atoms. The molecule has 1 aliphatic rings. The van der Waals surface area contributed by atoms with Crippen molar-refractivity contribution >= 4 is 12.0 Å². The van der Waals surface area contributed by atoms with Crippen LogP contribution < -0.4 is 15.1 Å². The summed E-state index contributed by atoms with van der Waals surface area (Å²) in [6, 6.07) is 5.26. The number of nitrogens with one attached hydrogen (secondary N) is 1. The number of hydrogen-bond acceptors (Lipinski definition) is 4. The summed E-state index contributed by atoms with van der Waals surface area (Å²) in [6.07, 6.45) is 4.76. The minimum absolute atomic E-state index is 0.207. The lowest BCUT2D eigenvalue weighted by Gasteiger charge is -2.13. The number of hydrogen-bond donors (Lipinski definition) is 1. The first kappa shape index (κ1) is 10.5. The lowest BCUT2D eigenvalue weighted by atomic mass is 10.2. The fourth-order valence-corrected chi connectivity index (χ4v) is 1.42. The topological polar surface area (TPSA) is 47.6 Å². The molecule has 0 bridgehead atoms. The van der Waals surface area contributed by atoms with E-state index in [9.17, 15) is 4.79 Å². The summed E-state index contributed by atoms with van der Waals surface area (Å²) in [7, 11) is 0. The van der Waals surface area contributed by atoms with Crippen molar-refractivity contribution in [3.63, 3.8) is 0 Å². The summed E-state index contributed by atoms with van der Waals surface area (Å²) in [5, 5.41) is 0. The molecule has 4 nitrogen and oxygen atoms in total. The van der Waals surface area contributed by atoms with Gasteiger partial charge in [0.2, 0.25) is 0 Å². The summed E-state index contributed by atoms with van der Waals surface area (Å²) in [5.41, 5.74) is 3.52. The highest BCUT2D eigenvalue weighted by atomic mass is 16.6. The van der Waals surface area contributed by atoms with Crippen molar-refractivity contribution in [2.24, 2.45) is 0 Å². The van der Waals surface area contributed by atoms with Gasteiger partial charge in [0.25, 0.3) is 0 Å². The van der Waals surface area contributed by atoms with Crippen LogP contribution in [0.4, 0.5) is 0 Å². The van der Waals surface area contributed by atoms with Gasteiger partial charge in [0, 0.05) is 18.2 Å². The van der Waals surface area contributed by atoms with Crippen LogP contribution >= 0.6 is 0 Å². The quantitative estimate of drug-likeness (QED) is 0.625. The van der Waals surface area contributed by atoms with Gasteiger partial charge < -0.3 is 9.57 Å². The van der Waals surface area contributed by atoms with E-state index in [1.807, 2.05) is 13.0 Å². The number of ether oxygens (including phenoxy) is 1. The van der Waals surface area contributed by atoms with E-state index in [0.29, 0.717) is 12.2 Å². The largest absolute Gasteiger partial charge is 0.427 e. The second kappa shape index (κ2) is 4.70. The Labute approximate surface area is 93.8 Å². The molecule has 0 spiro atoms. The number of fused-ring (bicyclic) bond motifs is 1. The van der Waals surface area contributed by atoms with Gasteiger partial charge in [-0.2, -0.15) is 0 Å². The maximum absolute atomic E-state index is 11.3. The highest BCUT2D eigenvalue weighted by Gasteiger charge is 2.09. The van der Waals surface area contributed by atoms with Gasteiger partial charge in [-0.3, -0.25) is 4.79 Å². The molecule has 0 saturated heterocycles. The van der Waals surface area contributed by atoms with Crippen molar-refractivity contribution in [2.45, 2.75) is 19.8 Å². The zero-order valence-corrected chi connectivity index (χ0v) is 9.03. The second-order valence-corrected chi connectivity index (χ2v) is 3.48. The molecule has 0 amide bonds. The van der Waals surface area contributed by atoms with Gasteiger partial charge >= 0.3 is 5.97 Å². The van der Waals surface area contributed by atoms with E-state index in [2.05, 4.69) is 5.48 Å². The average Bonchev–Trinajstić information content (AvgIpc) is 2.29. The van der Waals surface area contributed by atoms with Crippen molar-refractivity contribution < 1.29 is 14.4 Å². The van der Waals surface area contributed by atoms with Gasteiger partial charge in [-0.05, 0) is 30.7 Å². The van der Waals surface area contributed by atoms with E-state index in [1.165, 1.54) is 0 Å². The first-order valence-corrected chi connectivity index (χ1v) is 5.23. The van der Waals surface area contributed by atoms with Crippen molar-refractivity contribution in [3.8, 4) is 11.5 Å². The maximum Gasteiger partial charge on any atom is 0.311 e. The SMILES string of the molecule is CCCC(=O)Oc1ccc2c(c1)C=CNO2.